The van der Waals surface area contributed by atoms with Crippen LogP contribution >= 0.6 is 11.8 Å². The lowest BCUT2D eigenvalue weighted by Crippen LogP contribution is -2.30. The van der Waals surface area contributed by atoms with Gasteiger partial charge in [0.25, 0.3) is 11.5 Å². The van der Waals surface area contributed by atoms with E-state index in [0.29, 0.717) is 33.1 Å². The lowest BCUT2D eigenvalue weighted by Gasteiger charge is -2.14. The fourth-order valence-corrected chi connectivity index (χ4v) is 4.46. The first-order valence-electron chi connectivity index (χ1n) is 10.7. The molecule has 3 aromatic carbocycles. The van der Waals surface area contributed by atoms with Crippen molar-refractivity contribution in [2.24, 2.45) is 0 Å². The molecule has 1 N–H and O–H groups in total. The first-order valence-corrected chi connectivity index (χ1v) is 11.7. The molecule has 0 aliphatic carbocycles. The van der Waals surface area contributed by atoms with Gasteiger partial charge in [-0.2, -0.15) is 0 Å². The zero-order valence-electron chi connectivity index (χ0n) is 19.0. The van der Waals surface area contributed by atoms with E-state index < -0.39 is 5.82 Å². The highest BCUT2D eigenvalue weighted by atomic mass is 32.2. The van der Waals surface area contributed by atoms with E-state index in [4.69, 9.17) is 9.72 Å². The van der Waals surface area contributed by atoms with E-state index in [2.05, 4.69) is 5.32 Å². The van der Waals surface area contributed by atoms with Gasteiger partial charge in [-0.25, -0.2) is 9.37 Å². The molecule has 0 saturated heterocycles. The molecule has 4 aromatic rings. The van der Waals surface area contributed by atoms with E-state index in [1.165, 1.54) is 28.5 Å². The van der Waals surface area contributed by atoms with Gasteiger partial charge in [0.05, 0.1) is 23.7 Å². The second-order valence-electron chi connectivity index (χ2n) is 8.02. The van der Waals surface area contributed by atoms with Crippen LogP contribution in [0.1, 0.15) is 29.8 Å². The monoisotopic (exact) mass is 477 g/mol. The fourth-order valence-electron chi connectivity index (χ4n) is 3.50. The third-order valence-corrected chi connectivity index (χ3v) is 6.10. The molecule has 0 spiro atoms. The summed E-state index contributed by atoms with van der Waals surface area (Å²) in [4.78, 5) is 30.7. The Morgan fingerprint density at radius 1 is 1.12 bits per heavy atom. The quantitative estimate of drug-likeness (QED) is 0.301. The number of aromatic nitrogens is 2. The van der Waals surface area contributed by atoms with Crippen molar-refractivity contribution >= 4 is 28.6 Å². The number of fused-ring (bicyclic) bond motifs is 1. The maximum absolute atomic E-state index is 14.0. The van der Waals surface area contributed by atoms with Gasteiger partial charge in [0.15, 0.2) is 5.16 Å². The van der Waals surface area contributed by atoms with Crippen molar-refractivity contribution in [2.45, 2.75) is 30.8 Å². The molecule has 1 amide bonds. The summed E-state index contributed by atoms with van der Waals surface area (Å²) in [6, 6.07) is 18.2. The third kappa shape index (κ3) is 5.12. The predicted molar refractivity (Wildman–Crippen MR) is 132 cm³/mol. The maximum atomic E-state index is 14.0. The van der Waals surface area contributed by atoms with Crippen LogP contribution in [0.2, 0.25) is 0 Å². The topological polar surface area (TPSA) is 73.2 Å². The molecule has 0 saturated carbocycles. The summed E-state index contributed by atoms with van der Waals surface area (Å²) in [5.41, 5.74) is 1.85. The average molecular weight is 478 g/mol. The normalized spacial score (nSPS) is 11.1. The minimum Gasteiger partial charge on any atom is -0.497 e. The Morgan fingerprint density at radius 3 is 2.65 bits per heavy atom. The van der Waals surface area contributed by atoms with Crippen LogP contribution < -0.4 is 15.6 Å². The Morgan fingerprint density at radius 2 is 1.91 bits per heavy atom. The number of hydrogen-bond acceptors (Lipinski definition) is 5. The van der Waals surface area contributed by atoms with Crippen LogP contribution in [0.4, 0.5) is 4.39 Å². The molecule has 174 valence electrons. The van der Waals surface area contributed by atoms with Crippen molar-refractivity contribution in [2.75, 3.05) is 7.11 Å². The molecule has 0 unspecified atom stereocenters. The number of carbonyl (C=O) groups is 1. The van der Waals surface area contributed by atoms with E-state index in [9.17, 15) is 14.0 Å². The second-order valence-corrected chi connectivity index (χ2v) is 8.96. The largest absolute Gasteiger partial charge is 0.497 e. The molecule has 0 aliphatic heterocycles. The molecular formula is C26H24FN3O3S. The van der Waals surface area contributed by atoms with E-state index in [-0.39, 0.29) is 17.5 Å². The number of ether oxygens (including phenoxy) is 1. The number of carbonyl (C=O) groups excluding carboxylic acids is 1. The summed E-state index contributed by atoms with van der Waals surface area (Å²) in [6.07, 6.45) is 0. The zero-order chi connectivity index (χ0) is 24.2. The number of amides is 1. The molecular weight excluding hydrogens is 453 g/mol. The molecule has 1 heterocycles. The van der Waals surface area contributed by atoms with Crippen LogP contribution in [0.3, 0.4) is 0 Å². The van der Waals surface area contributed by atoms with E-state index in [1.807, 2.05) is 38.1 Å². The van der Waals surface area contributed by atoms with Gasteiger partial charge < -0.3 is 10.1 Å². The molecule has 0 bridgehead atoms. The van der Waals surface area contributed by atoms with Crippen molar-refractivity contribution in [1.29, 1.82) is 0 Å². The Hall–Kier alpha value is -3.65. The summed E-state index contributed by atoms with van der Waals surface area (Å²) < 4.78 is 20.7. The molecule has 1 aromatic heterocycles. The smallest absolute Gasteiger partial charge is 0.266 e. The van der Waals surface area contributed by atoms with Crippen molar-refractivity contribution in [1.82, 2.24) is 14.9 Å². The van der Waals surface area contributed by atoms with Crippen LogP contribution in [0.25, 0.3) is 16.6 Å². The van der Waals surface area contributed by atoms with Crippen molar-refractivity contribution in [3.8, 4) is 11.4 Å². The molecule has 34 heavy (non-hydrogen) atoms. The second kappa shape index (κ2) is 10.1. The van der Waals surface area contributed by atoms with Gasteiger partial charge in [0, 0.05) is 17.4 Å². The molecule has 0 fully saturated rings. The lowest BCUT2D eigenvalue weighted by molar-refractivity contribution is 0.0943. The molecule has 0 radical (unpaired) electrons. The Bertz CT molecular complexity index is 1420. The van der Waals surface area contributed by atoms with Crippen LogP contribution in [-0.2, 0) is 5.75 Å². The third-order valence-electron chi connectivity index (χ3n) is 5.09. The van der Waals surface area contributed by atoms with Crippen molar-refractivity contribution in [3.63, 3.8) is 0 Å². The van der Waals surface area contributed by atoms with Crippen LogP contribution in [0.15, 0.2) is 76.7 Å². The standard InChI is InChI=1S/C26H24FN3O3S/c1-16(2)28-24(31)18-10-11-22-23(13-18)29-26(34-15-17-6-4-9-21(12-17)33-3)30(25(22)32)20-8-5-7-19(27)14-20/h4-14,16H,15H2,1-3H3,(H,28,31). The predicted octanol–water partition coefficient (Wildman–Crippen LogP) is 4.96. The van der Waals surface area contributed by atoms with E-state index in [1.54, 1.807) is 37.4 Å². The summed E-state index contributed by atoms with van der Waals surface area (Å²) in [5.74, 6) is 0.554. The molecule has 0 atom stereocenters. The number of rotatable bonds is 7. The number of nitrogens with one attached hydrogen (secondary N) is 1. The molecule has 4 rings (SSSR count). The summed E-state index contributed by atoms with van der Waals surface area (Å²) in [6.45, 7) is 3.75. The number of methoxy groups -OCH3 is 1. The summed E-state index contributed by atoms with van der Waals surface area (Å²) in [5, 5.41) is 3.58. The highest BCUT2D eigenvalue weighted by Gasteiger charge is 2.16. The average Bonchev–Trinajstić information content (AvgIpc) is 2.82. The van der Waals surface area contributed by atoms with Crippen molar-refractivity contribution in [3.05, 3.63) is 94.0 Å². The number of nitrogens with zero attached hydrogens (tertiary/aromatic N) is 2. The van der Waals surface area contributed by atoms with E-state index >= 15 is 0 Å². The Balaban J connectivity index is 1.82. The highest BCUT2D eigenvalue weighted by molar-refractivity contribution is 7.98. The minimum atomic E-state index is -0.450. The number of benzene rings is 3. The molecule has 6 nitrogen and oxygen atoms in total. The Labute approximate surface area is 200 Å². The zero-order valence-corrected chi connectivity index (χ0v) is 19.9. The van der Waals surface area contributed by atoms with Gasteiger partial charge in [-0.05, 0) is 67.9 Å². The first kappa shape index (κ1) is 23.5. The molecule has 0 aliphatic rings. The molecule has 8 heteroatoms. The van der Waals surface area contributed by atoms with Crippen LogP contribution in [0.5, 0.6) is 5.75 Å². The van der Waals surface area contributed by atoms with Crippen molar-refractivity contribution < 1.29 is 13.9 Å². The van der Waals surface area contributed by atoms with Gasteiger partial charge in [0.2, 0.25) is 0 Å². The van der Waals surface area contributed by atoms with Gasteiger partial charge in [-0.3, -0.25) is 14.2 Å². The van der Waals surface area contributed by atoms with Gasteiger partial charge >= 0.3 is 0 Å². The maximum Gasteiger partial charge on any atom is 0.266 e. The van der Waals surface area contributed by atoms with Gasteiger partial charge in [0.1, 0.15) is 11.6 Å². The van der Waals surface area contributed by atoms with Crippen LogP contribution in [0, 0.1) is 5.82 Å². The summed E-state index contributed by atoms with van der Waals surface area (Å²) >= 11 is 1.35. The first-order chi connectivity index (χ1) is 16.4. The highest BCUT2D eigenvalue weighted by Crippen LogP contribution is 2.26. The fraction of sp³-hybridized carbons (Fsp3) is 0.192. The minimum absolute atomic E-state index is 0.0221. The van der Waals surface area contributed by atoms with Crippen LogP contribution in [-0.4, -0.2) is 28.6 Å². The number of halogens is 1. The lowest BCUT2D eigenvalue weighted by atomic mass is 10.1. The van der Waals surface area contributed by atoms with Gasteiger partial charge in [-0.15, -0.1) is 0 Å². The summed E-state index contributed by atoms with van der Waals surface area (Å²) in [7, 11) is 1.60. The Kier molecular flexibility index (Phi) is 6.98. The number of thioether (sulfide) groups is 1. The number of hydrogen-bond donors (Lipinski definition) is 1. The van der Waals surface area contributed by atoms with E-state index in [0.717, 1.165) is 11.3 Å². The SMILES string of the molecule is COc1cccc(CSc2nc3cc(C(=O)NC(C)C)ccc3c(=O)n2-c2cccc(F)c2)c1. The van der Waals surface area contributed by atoms with Gasteiger partial charge in [-0.1, -0.05) is 30.0 Å².